The average molecular weight is 410 g/mol. The van der Waals surface area contributed by atoms with Gasteiger partial charge in [0.2, 0.25) is 11.8 Å². The van der Waals surface area contributed by atoms with Crippen molar-refractivity contribution in [2.45, 2.75) is 40.7 Å². The lowest BCUT2D eigenvalue weighted by Gasteiger charge is -2.27. The molecule has 0 aliphatic rings. The normalized spacial score (nSPS) is 11.7. The number of aryl methyl sites for hydroxylation is 2. The first-order valence-electron chi connectivity index (χ1n) is 10.1. The standard InChI is InChI=1S/C24H31N3O3/c1-15(2)22(26-23(29)19-12-10-16(3)11-13-19)24(30)27(6)14-21(28)25-20-9-7-8-17(4)18(20)5/h7-13,15,22H,14H2,1-6H3,(H,25,28)(H,26,29). The van der Waals surface area contributed by atoms with Gasteiger partial charge in [0.1, 0.15) is 6.04 Å². The van der Waals surface area contributed by atoms with Crippen LogP contribution >= 0.6 is 0 Å². The van der Waals surface area contributed by atoms with Crippen molar-refractivity contribution in [1.82, 2.24) is 10.2 Å². The molecule has 30 heavy (non-hydrogen) atoms. The molecule has 2 aromatic rings. The van der Waals surface area contributed by atoms with Crippen molar-refractivity contribution in [3.8, 4) is 0 Å². The van der Waals surface area contributed by atoms with Crippen LogP contribution in [0.25, 0.3) is 0 Å². The second-order valence-electron chi connectivity index (χ2n) is 8.05. The van der Waals surface area contributed by atoms with Gasteiger partial charge in [-0.1, -0.05) is 43.7 Å². The molecule has 0 radical (unpaired) electrons. The van der Waals surface area contributed by atoms with Crippen molar-refractivity contribution < 1.29 is 14.4 Å². The van der Waals surface area contributed by atoms with Crippen molar-refractivity contribution in [3.63, 3.8) is 0 Å². The molecule has 1 atom stereocenters. The molecule has 0 saturated carbocycles. The summed E-state index contributed by atoms with van der Waals surface area (Å²) in [6.45, 7) is 9.49. The Kier molecular flexibility index (Phi) is 7.75. The van der Waals surface area contributed by atoms with Gasteiger partial charge in [-0.15, -0.1) is 0 Å². The zero-order valence-electron chi connectivity index (χ0n) is 18.6. The highest BCUT2D eigenvalue weighted by atomic mass is 16.2. The molecule has 0 fully saturated rings. The molecule has 0 aliphatic carbocycles. The Labute approximate surface area is 178 Å². The van der Waals surface area contributed by atoms with Crippen molar-refractivity contribution in [3.05, 3.63) is 64.7 Å². The average Bonchev–Trinajstić information content (AvgIpc) is 2.69. The van der Waals surface area contributed by atoms with Crippen LogP contribution in [0.15, 0.2) is 42.5 Å². The van der Waals surface area contributed by atoms with Gasteiger partial charge < -0.3 is 15.5 Å². The minimum atomic E-state index is -0.725. The van der Waals surface area contributed by atoms with Crippen LogP contribution in [0.4, 0.5) is 5.69 Å². The first-order chi connectivity index (χ1) is 14.1. The molecule has 6 heteroatoms. The molecule has 2 N–H and O–H groups in total. The van der Waals surface area contributed by atoms with Gasteiger partial charge in [0, 0.05) is 18.3 Å². The van der Waals surface area contributed by atoms with E-state index in [0.717, 1.165) is 22.4 Å². The number of amides is 3. The van der Waals surface area contributed by atoms with Crippen LogP contribution < -0.4 is 10.6 Å². The van der Waals surface area contributed by atoms with Gasteiger partial charge in [0.05, 0.1) is 6.54 Å². The third-order valence-corrected chi connectivity index (χ3v) is 5.17. The Morgan fingerprint density at radius 1 is 0.967 bits per heavy atom. The molecule has 3 amide bonds. The maximum Gasteiger partial charge on any atom is 0.251 e. The van der Waals surface area contributed by atoms with Crippen molar-refractivity contribution in [1.29, 1.82) is 0 Å². The molecule has 0 bridgehead atoms. The van der Waals surface area contributed by atoms with Gasteiger partial charge in [-0.25, -0.2) is 0 Å². The Hall–Kier alpha value is -3.15. The number of carbonyl (C=O) groups is 3. The fourth-order valence-electron chi connectivity index (χ4n) is 3.05. The number of rotatable bonds is 7. The molecular formula is C24H31N3O3. The summed E-state index contributed by atoms with van der Waals surface area (Å²) in [5, 5.41) is 5.67. The first-order valence-corrected chi connectivity index (χ1v) is 10.1. The van der Waals surface area contributed by atoms with E-state index in [-0.39, 0.29) is 30.2 Å². The van der Waals surface area contributed by atoms with E-state index in [9.17, 15) is 14.4 Å². The maximum absolute atomic E-state index is 12.9. The largest absolute Gasteiger partial charge is 0.340 e. The zero-order chi connectivity index (χ0) is 22.4. The summed E-state index contributed by atoms with van der Waals surface area (Å²) in [7, 11) is 1.57. The molecule has 0 aromatic heterocycles. The highest BCUT2D eigenvalue weighted by Crippen LogP contribution is 2.18. The molecule has 0 heterocycles. The lowest BCUT2D eigenvalue weighted by molar-refractivity contribution is -0.135. The third-order valence-electron chi connectivity index (χ3n) is 5.17. The van der Waals surface area contributed by atoms with E-state index in [0.29, 0.717) is 5.56 Å². The predicted octanol–water partition coefficient (Wildman–Crippen LogP) is 3.46. The fraction of sp³-hybridized carbons (Fsp3) is 0.375. The van der Waals surface area contributed by atoms with Crippen molar-refractivity contribution >= 4 is 23.4 Å². The SMILES string of the molecule is Cc1ccc(C(=O)NC(C(=O)N(C)CC(=O)Nc2cccc(C)c2C)C(C)C)cc1. The fourth-order valence-corrected chi connectivity index (χ4v) is 3.05. The molecular weight excluding hydrogens is 378 g/mol. The van der Waals surface area contributed by atoms with Crippen LogP contribution in [-0.2, 0) is 9.59 Å². The van der Waals surface area contributed by atoms with Gasteiger partial charge in [-0.3, -0.25) is 14.4 Å². The molecule has 2 aromatic carbocycles. The Morgan fingerprint density at radius 3 is 2.20 bits per heavy atom. The smallest absolute Gasteiger partial charge is 0.251 e. The number of anilines is 1. The van der Waals surface area contributed by atoms with Crippen LogP contribution in [0.3, 0.4) is 0 Å². The van der Waals surface area contributed by atoms with Crippen molar-refractivity contribution in [2.24, 2.45) is 5.92 Å². The van der Waals surface area contributed by atoms with Crippen LogP contribution in [0.1, 0.15) is 40.9 Å². The number of nitrogens with zero attached hydrogens (tertiary/aromatic N) is 1. The molecule has 160 valence electrons. The molecule has 2 rings (SSSR count). The zero-order valence-corrected chi connectivity index (χ0v) is 18.6. The molecule has 1 unspecified atom stereocenters. The van der Waals surface area contributed by atoms with E-state index in [1.807, 2.05) is 65.0 Å². The predicted molar refractivity (Wildman–Crippen MR) is 119 cm³/mol. The maximum atomic E-state index is 12.9. The summed E-state index contributed by atoms with van der Waals surface area (Å²) in [6.07, 6.45) is 0. The quantitative estimate of drug-likeness (QED) is 0.735. The minimum Gasteiger partial charge on any atom is -0.340 e. The summed E-state index contributed by atoms with van der Waals surface area (Å²) in [5.74, 6) is -1.03. The van der Waals surface area contributed by atoms with Crippen LogP contribution in [0.2, 0.25) is 0 Å². The van der Waals surface area contributed by atoms with Gasteiger partial charge in [0.25, 0.3) is 5.91 Å². The number of hydrogen-bond donors (Lipinski definition) is 2. The van der Waals surface area contributed by atoms with Gasteiger partial charge in [-0.2, -0.15) is 0 Å². The van der Waals surface area contributed by atoms with E-state index < -0.39 is 6.04 Å². The number of benzene rings is 2. The summed E-state index contributed by atoms with van der Waals surface area (Å²) in [4.78, 5) is 39.3. The number of nitrogens with one attached hydrogen (secondary N) is 2. The lowest BCUT2D eigenvalue weighted by atomic mass is 10.0. The van der Waals surface area contributed by atoms with Crippen molar-refractivity contribution in [2.75, 3.05) is 18.9 Å². The summed E-state index contributed by atoms with van der Waals surface area (Å²) in [5.41, 5.74) is 4.35. The van der Waals surface area contributed by atoms with Gasteiger partial charge in [0.15, 0.2) is 0 Å². The van der Waals surface area contributed by atoms with E-state index in [4.69, 9.17) is 0 Å². The first kappa shape index (κ1) is 23.1. The van der Waals surface area contributed by atoms with Crippen LogP contribution in [0.5, 0.6) is 0 Å². The molecule has 0 saturated heterocycles. The topological polar surface area (TPSA) is 78.5 Å². The van der Waals surface area contributed by atoms with Gasteiger partial charge in [-0.05, 0) is 56.0 Å². The number of carbonyl (C=O) groups excluding carboxylic acids is 3. The van der Waals surface area contributed by atoms with Gasteiger partial charge >= 0.3 is 0 Å². The van der Waals surface area contributed by atoms with E-state index in [1.165, 1.54) is 4.90 Å². The second kappa shape index (κ2) is 10.1. The number of hydrogen-bond acceptors (Lipinski definition) is 3. The molecule has 0 spiro atoms. The highest BCUT2D eigenvalue weighted by molar-refractivity contribution is 5.99. The van der Waals surface area contributed by atoms with Crippen LogP contribution in [0, 0.1) is 26.7 Å². The highest BCUT2D eigenvalue weighted by Gasteiger charge is 2.28. The van der Waals surface area contributed by atoms with E-state index >= 15 is 0 Å². The Morgan fingerprint density at radius 2 is 1.60 bits per heavy atom. The molecule has 6 nitrogen and oxygen atoms in total. The van der Waals surface area contributed by atoms with Crippen LogP contribution in [-0.4, -0.2) is 42.3 Å². The Bertz CT molecular complexity index is 920. The monoisotopic (exact) mass is 409 g/mol. The number of likely N-dealkylation sites (N-methyl/N-ethyl adjacent to an activating group) is 1. The van der Waals surface area contributed by atoms with E-state index in [2.05, 4.69) is 10.6 Å². The summed E-state index contributed by atoms with van der Waals surface area (Å²) < 4.78 is 0. The Balaban J connectivity index is 2.03. The van der Waals surface area contributed by atoms with E-state index in [1.54, 1.807) is 19.2 Å². The lowest BCUT2D eigenvalue weighted by Crippen LogP contribution is -2.51. The summed E-state index contributed by atoms with van der Waals surface area (Å²) >= 11 is 0. The molecule has 0 aliphatic heterocycles. The third kappa shape index (κ3) is 5.92. The summed E-state index contributed by atoms with van der Waals surface area (Å²) in [6, 6.07) is 12.1. The minimum absolute atomic E-state index is 0.101. The second-order valence-corrected chi connectivity index (χ2v) is 8.05.